The zero-order valence-electron chi connectivity index (χ0n) is 7.54. The molecule has 0 aliphatic heterocycles. The van der Waals surface area contributed by atoms with Crippen LogP contribution >= 0.6 is 0 Å². The molecule has 0 aliphatic rings. The van der Waals surface area contributed by atoms with Crippen molar-refractivity contribution in [3.8, 4) is 0 Å². The van der Waals surface area contributed by atoms with E-state index in [4.69, 9.17) is 31.6 Å². The maximum atomic E-state index is 9.37. The monoisotopic (exact) mass is 210 g/mol. The Morgan fingerprint density at radius 1 is 1.21 bits per heavy atom. The van der Waals surface area contributed by atoms with Crippen molar-refractivity contribution < 1.29 is 24.9 Å². The van der Waals surface area contributed by atoms with Gasteiger partial charge in [0.2, 0.25) is 5.96 Å². The molecule has 0 unspecified atom stereocenters. The molecule has 9 heteroatoms. The number of hydrazone groups is 1. The van der Waals surface area contributed by atoms with Crippen molar-refractivity contribution in [3.05, 3.63) is 0 Å². The number of hydrogen-bond donors (Lipinski definition) is 6. The molecule has 9 N–H and O–H groups in total. The Hall–Kier alpha value is -2.19. The number of guanidine groups is 1. The van der Waals surface area contributed by atoms with E-state index in [2.05, 4.69) is 10.9 Å². The fourth-order valence-corrected chi connectivity index (χ4v) is 0. The topological polar surface area (TPSA) is 185 Å². The van der Waals surface area contributed by atoms with Gasteiger partial charge in [-0.3, -0.25) is 4.79 Å². The van der Waals surface area contributed by atoms with Gasteiger partial charge in [-0.05, 0) is 0 Å². The summed E-state index contributed by atoms with van der Waals surface area (Å²) in [6.45, 7) is 1.60. The first-order chi connectivity index (χ1) is 6.27. The van der Waals surface area contributed by atoms with Crippen molar-refractivity contribution in [1.82, 2.24) is 0 Å². The van der Waals surface area contributed by atoms with E-state index in [9.17, 15) is 4.79 Å². The molecular weight excluding hydrogens is 196 g/mol. The average Bonchev–Trinajstić information content (AvgIpc) is 2.04. The number of carboxylic acids is 1. The molecule has 0 aromatic carbocycles. The lowest BCUT2D eigenvalue weighted by atomic mass is 10.5. The van der Waals surface area contributed by atoms with Crippen LogP contribution in [0.5, 0.6) is 0 Å². The summed E-state index contributed by atoms with van der Waals surface area (Å²) in [7, 11) is 0. The van der Waals surface area contributed by atoms with Crippen molar-refractivity contribution in [2.45, 2.75) is 13.3 Å². The Labute approximate surface area is 79.8 Å². The van der Waals surface area contributed by atoms with Crippen LogP contribution in [-0.2, 0) is 4.79 Å². The lowest BCUT2D eigenvalue weighted by Crippen LogP contribution is -2.23. The third-order valence-corrected chi connectivity index (χ3v) is 0.452. The van der Waals surface area contributed by atoms with Gasteiger partial charge in [0.05, 0.1) is 0 Å². The van der Waals surface area contributed by atoms with E-state index < -0.39 is 12.1 Å². The fraction of sp³-hybridized carbons (Fsp3) is 0.400. The van der Waals surface area contributed by atoms with Gasteiger partial charge >= 0.3 is 12.1 Å². The molecule has 0 amide bonds. The number of hydrogen-bond acceptors (Lipinski definition) is 4. The van der Waals surface area contributed by atoms with Gasteiger partial charge in [0, 0.05) is 6.42 Å². The van der Waals surface area contributed by atoms with E-state index in [0.717, 1.165) is 0 Å². The number of aliphatic carboxylic acids is 1. The highest BCUT2D eigenvalue weighted by Crippen LogP contribution is 1.67. The molecule has 0 atom stereocenters. The minimum absolute atomic E-state index is 0.0926. The molecule has 0 radical (unpaired) electrons. The molecule has 0 saturated carbocycles. The fourth-order valence-electron chi connectivity index (χ4n) is 0. The lowest BCUT2D eigenvalue weighted by Gasteiger charge is -1.76. The highest BCUT2D eigenvalue weighted by atomic mass is 16.6. The molecule has 84 valence electrons. The van der Waals surface area contributed by atoms with Crippen LogP contribution < -0.4 is 17.3 Å². The van der Waals surface area contributed by atoms with Gasteiger partial charge in [-0.1, -0.05) is 6.92 Å². The Balaban J connectivity index is -0.000000131. The Bertz CT molecular complexity index is 185. The number of nitrogens with zero attached hydrogens (tertiary/aromatic N) is 1. The lowest BCUT2D eigenvalue weighted by molar-refractivity contribution is -0.136. The van der Waals surface area contributed by atoms with E-state index in [-0.39, 0.29) is 12.4 Å². The van der Waals surface area contributed by atoms with Crippen LogP contribution in [0.2, 0.25) is 0 Å². The summed E-state index contributed by atoms with van der Waals surface area (Å²) in [5.41, 5.74) is 9.39. The van der Waals surface area contributed by atoms with E-state index in [0.29, 0.717) is 0 Å². The van der Waals surface area contributed by atoms with Gasteiger partial charge in [-0.15, -0.1) is 5.10 Å². The number of rotatable bonds is 1. The summed E-state index contributed by atoms with van der Waals surface area (Å²) in [6.07, 6.45) is -1.61. The second kappa shape index (κ2) is 13.4. The second-order valence-corrected chi connectivity index (χ2v) is 1.58. The van der Waals surface area contributed by atoms with Gasteiger partial charge < -0.3 is 32.6 Å². The van der Waals surface area contributed by atoms with Crippen LogP contribution in [0, 0.1) is 0 Å². The second-order valence-electron chi connectivity index (χ2n) is 1.58. The van der Waals surface area contributed by atoms with Crippen LogP contribution in [0.15, 0.2) is 5.10 Å². The zero-order chi connectivity index (χ0) is 12.1. The van der Waals surface area contributed by atoms with Gasteiger partial charge in [0.1, 0.15) is 0 Å². The van der Waals surface area contributed by atoms with Crippen molar-refractivity contribution in [2.24, 2.45) is 22.4 Å². The predicted molar refractivity (Wildman–Crippen MR) is 48.6 cm³/mol. The van der Waals surface area contributed by atoms with Gasteiger partial charge in [0.15, 0.2) is 0 Å². The van der Waals surface area contributed by atoms with Crippen LogP contribution in [0.25, 0.3) is 0 Å². The molecule has 0 bridgehead atoms. The third-order valence-electron chi connectivity index (χ3n) is 0.452. The molecule has 0 fully saturated rings. The van der Waals surface area contributed by atoms with Crippen LogP contribution in [0.3, 0.4) is 0 Å². The number of carboxylic acid groups (broad SMARTS) is 3. The normalized spacial score (nSPS) is 6.64. The molecule has 0 aromatic rings. The molecule has 0 heterocycles. The van der Waals surface area contributed by atoms with E-state index in [1.54, 1.807) is 6.92 Å². The Morgan fingerprint density at radius 3 is 1.36 bits per heavy atom. The van der Waals surface area contributed by atoms with Crippen LogP contribution in [0.4, 0.5) is 4.79 Å². The molecule has 0 saturated heterocycles. The quantitative estimate of drug-likeness (QED) is 0.135. The molecule has 14 heavy (non-hydrogen) atoms. The summed E-state index contributed by atoms with van der Waals surface area (Å²) in [4.78, 5) is 17.9. The predicted octanol–water partition coefficient (Wildman–Crippen LogP) is -1.16. The summed E-state index contributed by atoms with van der Waals surface area (Å²) in [6, 6.07) is 0. The smallest absolute Gasteiger partial charge is 0.481 e. The maximum Gasteiger partial charge on any atom is 0.503 e. The minimum Gasteiger partial charge on any atom is -0.481 e. The Morgan fingerprint density at radius 2 is 1.36 bits per heavy atom. The summed E-state index contributed by atoms with van der Waals surface area (Å²) < 4.78 is 0. The molecule has 9 nitrogen and oxygen atoms in total. The summed E-state index contributed by atoms with van der Waals surface area (Å²) >= 11 is 0. The standard InChI is InChI=1S/C3H6O2.CH6N4.CH2O3/c1-2-3(4)5;2-1(3)5-4;2-1(3)4/h2H2,1H3,(H,4,5);4H2,(H4,2,3,5);(H2,2,3,4). The Kier molecular flexibility index (Phi) is 17.0. The first-order valence-electron chi connectivity index (χ1n) is 3.20. The molecular formula is C5H14N4O5. The SMILES string of the molecule is CCC(=O)O.NN=C(N)N.O=C(O)O. The highest BCUT2D eigenvalue weighted by molar-refractivity contribution is 5.75. The van der Waals surface area contributed by atoms with Crippen LogP contribution in [0.1, 0.15) is 13.3 Å². The van der Waals surface area contributed by atoms with Gasteiger partial charge in [-0.25, -0.2) is 4.79 Å². The molecule has 0 aliphatic carbocycles. The maximum absolute atomic E-state index is 9.37. The number of nitrogens with two attached hydrogens (primary N) is 3. The molecule has 0 aromatic heterocycles. The number of carbonyl (C=O) groups is 2. The first kappa shape index (κ1) is 17.8. The van der Waals surface area contributed by atoms with Crippen molar-refractivity contribution >= 4 is 18.1 Å². The van der Waals surface area contributed by atoms with E-state index >= 15 is 0 Å². The summed E-state index contributed by atoms with van der Waals surface area (Å²) in [5, 5.41) is 24.5. The molecule has 0 spiro atoms. The van der Waals surface area contributed by atoms with Gasteiger partial charge in [-0.2, -0.15) is 0 Å². The zero-order valence-corrected chi connectivity index (χ0v) is 7.54. The van der Waals surface area contributed by atoms with Crippen molar-refractivity contribution in [2.75, 3.05) is 0 Å². The molecule has 0 rings (SSSR count). The van der Waals surface area contributed by atoms with E-state index in [1.807, 2.05) is 0 Å². The average molecular weight is 210 g/mol. The van der Waals surface area contributed by atoms with Crippen LogP contribution in [-0.4, -0.2) is 33.4 Å². The van der Waals surface area contributed by atoms with Gasteiger partial charge in [0.25, 0.3) is 0 Å². The third kappa shape index (κ3) is 232. The van der Waals surface area contributed by atoms with Crippen molar-refractivity contribution in [1.29, 1.82) is 0 Å². The van der Waals surface area contributed by atoms with E-state index in [1.165, 1.54) is 0 Å². The minimum atomic E-state index is -1.83. The first-order valence-corrected chi connectivity index (χ1v) is 3.20. The summed E-state index contributed by atoms with van der Waals surface area (Å²) in [5.74, 6) is 3.67. The van der Waals surface area contributed by atoms with Crippen molar-refractivity contribution in [3.63, 3.8) is 0 Å². The largest absolute Gasteiger partial charge is 0.503 e. The highest BCUT2D eigenvalue weighted by Gasteiger charge is 1.80.